The maximum atomic E-state index is 12.6. The molecular formula is C9H6F6N2. The maximum Gasteiger partial charge on any atom is 0.439 e. The fraction of sp³-hybridized carbons (Fsp3) is 0.333. The Bertz CT molecular complexity index is 395. The Kier molecular flexibility index (Phi) is 2.24. The molecule has 0 bridgehead atoms. The van der Waals surface area contributed by atoms with Gasteiger partial charge in [0.05, 0.1) is 11.4 Å². The first kappa shape index (κ1) is 11.9. The first-order valence-electron chi connectivity index (χ1n) is 4.46. The van der Waals surface area contributed by atoms with Crippen LogP contribution in [0.3, 0.4) is 0 Å². The standard InChI is InChI=1S/C9H6F6N2/c10-8(11,12)7(9(13,14)15)16-5-3-1-2-4-6(5)17-7/h1-4,16-17H. The molecule has 0 fully saturated rings. The summed E-state index contributed by atoms with van der Waals surface area (Å²) in [7, 11) is 0. The van der Waals surface area contributed by atoms with Crippen molar-refractivity contribution < 1.29 is 26.3 Å². The predicted octanol–water partition coefficient (Wildman–Crippen LogP) is 3.34. The van der Waals surface area contributed by atoms with E-state index in [9.17, 15) is 26.3 Å². The average molecular weight is 256 g/mol. The Balaban J connectivity index is 2.50. The minimum atomic E-state index is -5.51. The van der Waals surface area contributed by atoms with E-state index in [1.54, 1.807) is 0 Å². The molecule has 0 aromatic heterocycles. The third-order valence-electron chi connectivity index (χ3n) is 2.42. The van der Waals surface area contributed by atoms with Crippen LogP contribution in [-0.4, -0.2) is 18.0 Å². The Morgan fingerprint density at radius 2 is 1.12 bits per heavy atom. The SMILES string of the molecule is FC(F)(F)C1(C(F)(F)F)Nc2ccccc2N1. The first-order valence-corrected chi connectivity index (χ1v) is 4.46. The van der Waals surface area contributed by atoms with Gasteiger partial charge in [-0.1, -0.05) is 12.1 Å². The quantitative estimate of drug-likeness (QED) is 0.695. The van der Waals surface area contributed by atoms with Gasteiger partial charge in [-0.05, 0) is 12.1 Å². The summed E-state index contributed by atoms with van der Waals surface area (Å²) in [4.78, 5) is 0. The number of anilines is 2. The van der Waals surface area contributed by atoms with Gasteiger partial charge in [0.15, 0.2) is 0 Å². The van der Waals surface area contributed by atoms with Crippen molar-refractivity contribution >= 4 is 11.4 Å². The van der Waals surface area contributed by atoms with Gasteiger partial charge in [0, 0.05) is 0 Å². The number of hydrogen-bond donors (Lipinski definition) is 2. The van der Waals surface area contributed by atoms with Gasteiger partial charge in [-0.25, -0.2) is 0 Å². The molecular weight excluding hydrogens is 250 g/mol. The van der Waals surface area contributed by atoms with Crippen LogP contribution in [0.2, 0.25) is 0 Å². The third-order valence-corrected chi connectivity index (χ3v) is 2.42. The molecule has 0 spiro atoms. The van der Waals surface area contributed by atoms with Crippen LogP contribution < -0.4 is 10.6 Å². The van der Waals surface area contributed by atoms with E-state index in [2.05, 4.69) is 0 Å². The number of rotatable bonds is 0. The van der Waals surface area contributed by atoms with Crippen LogP contribution >= 0.6 is 0 Å². The zero-order valence-electron chi connectivity index (χ0n) is 8.08. The molecule has 8 heteroatoms. The topological polar surface area (TPSA) is 24.1 Å². The molecule has 17 heavy (non-hydrogen) atoms. The molecule has 1 aromatic rings. The molecule has 1 aliphatic rings. The fourth-order valence-electron chi connectivity index (χ4n) is 1.58. The number of para-hydroxylation sites is 2. The smallest absolute Gasteiger partial charge is 0.346 e. The molecule has 2 rings (SSSR count). The summed E-state index contributed by atoms with van der Waals surface area (Å²) < 4.78 is 75.8. The molecule has 94 valence electrons. The van der Waals surface area contributed by atoms with E-state index in [0.29, 0.717) is 0 Å². The lowest BCUT2D eigenvalue weighted by Gasteiger charge is -2.34. The van der Waals surface area contributed by atoms with Gasteiger partial charge in [0.1, 0.15) is 0 Å². The van der Waals surface area contributed by atoms with Gasteiger partial charge >= 0.3 is 18.0 Å². The largest absolute Gasteiger partial charge is 0.439 e. The van der Waals surface area contributed by atoms with E-state index in [1.807, 2.05) is 0 Å². The van der Waals surface area contributed by atoms with Crippen LogP contribution in [0.25, 0.3) is 0 Å². The monoisotopic (exact) mass is 256 g/mol. The highest BCUT2D eigenvalue weighted by atomic mass is 19.4. The van der Waals surface area contributed by atoms with E-state index in [4.69, 9.17) is 0 Å². The van der Waals surface area contributed by atoms with Crippen molar-refractivity contribution in [2.45, 2.75) is 18.0 Å². The second kappa shape index (κ2) is 3.21. The fourth-order valence-corrected chi connectivity index (χ4v) is 1.58. The minimum Gasteiger partial charge on any atom is -0.346 e. The number of halogens is 6. The molecule has 0 unspecified atom stereocenters. The second-order valence-electron chi connectivity index (χ2n) is 3.54. The van der Waals surface area contributed by atoms with Crippen molar-refractivity contribution in [1.29, 1.82) is 0 Å². The van der Waals surface area contributed by atoms with Gasteiger partial charge in [0.2, 0.25) is 0 Å². The molecule has 0 amide bonds. The Hall–Kier alpha value is -1.60. The summed E-state index contributed by atoms with van der Waals surface area (Å²) in [6, 6.07) is 4.97. The zero-order valence-corrected chi connectivity index (χ0v) is 8.08. The Morgan fingerprint density at radius 3 is 1.41 bits per heavy atom. The van der Waals surface area contributed by atoms with Crippen molar-refractivity contribution in [3.05, 3.63) is 24.3 Å². The van der Waals surface area contributed by atoms with Crippen LogP contribution in [0.4, 0.5) is 37.7 Å². The van der Waals surface area contributed by atoms with Crippen LogP contribution in [0.15, 0.2) is 24.3 Å². The minimum absolute atomic E-state index is 0.234. The van der Waals surface area contributed by atoms with Crippen molar-refractivity contribution in [1.82, 2.24) is 0 Å². The number of hydrogen-bond acceptors (Lipinski definition) is 2. The molecule has 0 saturated carbocycles. The third kappa shape index (κ3) is 1.58. The number of benzene rings is 1. The second-order valence-corrected chi connectivity index (χ2v) is 3.54. The highest BCUT2D eigenvalue weighted by Crippen LogP contribution is 2.50. The van der Waals surface area contributed by atoms with Gasteiger partial charge < -0.3 is 10.6 Å². The summed E-state index contributed by atoms with van der Waals surface area (Å²) in [6.45, 7) is 0. The van der Waals surface area contributed by atoms with Gasteiger partial charge in [-0.2, -0.15) is 26.3 Å². The zero-order chi connectivity index (χ0) is 12.9. The van der Waals surface area contributed by atoms with E-state index in [0.717, 1.165) is 12.1 Å². The summed E-state index contributed by atoms with van der Waals surface area (Å²) >= 11 is 0. The maximum absolute atomic E-state index is 12.6. The normalized spacial score (nSPS) is 18.2. The highest BCUT2D eigenvalue weighted by molar-refractivity contribution is 5.77. The summed E-state index contributed by atoms with van der Waals surface area (Å²) in [6.07, 6.45) is -11.0. The summed E-state index contributed by atoms with van der Waals surface area (Å²) in [5.74, 6) is 0. The van der Waals surface area contributed by atoms with E-state index in [1.165, 1.54) is 22.8 Å². The van der Waals surface area contributed by atoms with Gasteiger partial charge in [0.25, 0.3) is 0 Å². The lowest BCUT2D eigenvalue weighted by Crippen LogP contribution is -2.65. The Labute approximate surface area is 91.6 Å². The van der Waals surface area contributed by atoms with Crippen molar-refractivity contribution in [3.8, 4) is 0 Å². The molecule has 0 radical (unpaired) electrons. The van der Waals surface area contributed by atoms with Crippen LogP contribution in [0.5, 0.6) is 0 Å². The summed E-state index contributed by atoms with van der Waals surface area (Å²) in [5, 5.41) is 2.93. The first-order chi connectivity index (χ1) is 7.67. The van der Waals surface area contributed by atoms with E-state index in [-0.39, 0.29) is 11.4 Å². The summed E-state index contributed by atoms with van der Waals surface area (Å²) in [5.41, 5.74) is -4.59. The Morgan fingerprint density at radius 1 is 0.765 bits per heavy atom. The molecule has 1 aliphatic heterocycles. The molecule has 2 nitrogen and oxygen atoms in total. The van der Waals surface area contributed by atoms with Crippen molar-refractivity contribution in [3.63, 3.8) is 0 Å². The van der Waals surface area contributed by atoms with E-state index < -0.39 is 18.0 Å². The molecule has 0 atom stereocenters. The molecule has 2 N–H and O–H groups in total. The number of nitrogens with one attached hydrogen (secondary N) is 2. The predicted molar refractivity (Wildman–Crippen MR) is 48.5 cm³/mol. The van der Waals surface area contributed by atoms with Crippen LogP contribution in [0, 0.1) is 0 Å². The lowest BCUT2D eigenvalue weighted by molar-refractivity contribution is -0.277. The van der Waals surface area contributed by atoms with Gasteiger partial charge in [-0.15, -0.1) is 0 Å². The van der Waals surface area contributed by atoms with E-state index >= 15 is 0 Å². The molecule has 1 heterocycles. The average Bonchev–Trinajstić information content (AvgIpc) is 2.55. The molecule has 1 aromatic carbocycles. The van der Waals surface area contributed by atoms with Crippen molar-refractivity contribution in [2.24, 2.45) is 0 Å². The van der Waals surface area contributed by atoms with Crippen LogP contribution in [-0.2, 0) is 0 Å². The molecule has 0 aliphatic carbocycles. The van der Waals surface area contributed by atoms with Gasteiger partial charge in [-0.3, -0.25) is 0 Å². The molecule has 0 saturated heterocycles. The number of alkyl halides is 6. The lowest BCUT2D eigenvalue weighted by atomic mass is 10.1. The highest BCUT2D eigenvalue weighted by Gasteiger charge is 2.73. The van der Waals surface area contributed by atoms with Crippen LogP contribution in [0.1, 0.15) is 0 Å². The van der Waals surface area contributed by atoms with Crippen molar-refractivity contribution in [2.75, 3.05) is 10.6 Å². The number of fused-ring (bicyclic) bond motifs is 1.